The quantitative estimate of drug-likeness (QED) is 0.858. The monoisotopic (exact) mass is 378 g/mol. The van der Waals surface area contributed by atoms with Crippen molar-refractivity contribution in [2.45, 2.75) is 32.9 Å². The van der Waals surface area contributed by atoms with Gasteiger partial charge in [-0.3, -0.25) is 10.1 Å². The van der Waals surface area contributed by atoms with Crippen LogP contribution in [0.4, 0.5) is 9.93 Å². The fraction of sp³-hybridized carbons (Fsp3) is 0.353. The Kier molecular flexibility index (Phi) is 5.24. The van der Waals surface area contributed by atoms with Gasteiger partial charge in [0.2, 0.25) is 0 Å². The van der Waals surface area contributed by atoms with Crippen LogP contribution in [0, 0.1) is 0 Å². The summed E-state index contributed by atoms with van der Waals surface area (Å²) in [6, 6.07) is 6.74. The standard InChI is InChI=1S/C17H19ClN4O2S/c1-10(2)19-16(24)21-17-20-13-6-7-22(9-14(13)25-17)15(23)11-4-3-5-12(18)8-11/h3-5,8,10H,6-7,9H2,1-2H3,(H2,19,20,21,24). The molecule has 1 aromatic heterocycles. The van der Waals surface area contributed by atoms with Crippen molar-refractivity contribution in [1.82, 2.24) is 15.2 Å². The Morgan fingerprint density at radius 1 is 1.36 bits per heavy atom. The number of hydrogen-bond donors (Lipinski definition) is 2. The molecule has 2 heterocycles. The summed E-state index contributed by atoms with van der Waals surface area (Å²) in [5.74, 6) is -0.0476. The van der Waals surface area contributed by atoms with Crippen molar-refractivity contribution >= 4 is 40.0 Å². The molecule has 25 heavy (non-hydrogen) atoms. The van der Waals surface area contributed by atoms with Crippen molar-refractivity contribution in [3.63, 3.8) is 0 Å². The first kappa shape index (κ1) is 17.7. The van der Waals surface area contributed by atoms with Gasteiger partial charge in [0.25, 0.3) is 5.91 Å². The molecule has 2 N–H and O–H groups in total. The van der Waals surface area contributed by atoms with Crippen molar-refractivity contribution in [1.29, 1.82) is 0 Å². The maximum Gasteiger partial charge on any atom is 0.321 e. The molecule has 1 aliphatic rings. The summed E-state index contributed by atoms with van der Waals surface area (Å²) in [5.41, 5.74) is 1.52. The van der Waals surface area contributed by atoms with Gasteiger partial charge in [0.15, 0.2) is 5.13 Å². The lowest BCUT2D eigenvalue weighted by Gasteiger charge is -2.26. The second kappa shape index (κ2) is 7.41. The normalized spacial score (nSPS) is 13.5. The zero-order valence-corrected chi connectivity index (χ0v) is 15.6. The molecular formula is C17H19ClN4O2S. The van der Waals surface area contributed by atoms with E-state index in [1.807, 2.05) is 13.8 Å². The second-order valence-electron chi connectivity index (χ2n) is 6.13. The molecule has 0 saturated heterocycles. The number of fused-ring (bicyclic) bond motifs is 1. The summed E-state index contributed by atoms with van der Waals surface area (Å²) in [5, 5.41) is 6.62. The maximum absolute atomic E-state index is 12.6. The molecule has 0 spiro atoms. The van der Waals surface area contributed by atoms with Gasteiger partial charge in [0.05, 0.1) is 12.2 Å². The number of hydrogen-bond acceptors (Lipinski definition) is 4. The van der Waals surface area contributed by atoms with E-state index >= 15 is 0 Å². The SMILES string of the molecule is CC(C)NC(=O)Nc1nc2c(s1)CN(C(=O)c1cccc(Cl)c1)CC2. The number of carbonyl (C=O) groups excluding carboxylic acids is 2. The van der Waals surface area contributed by atoms with Gasteiger partial charge < -0.3 is 10.2 Å². The Morgan fingerprint density at radius 2 is 2.16 bits per heavy atom. The van der Waals surface area contributed by atoms with Crippen LogP contribution in [0.25, 0.3) is 0 Å². The van der Waals surface area contributed by atoms with Crippen LogP contribution < -0.4 is 10.6 Å². The van der Waals surface area contributed by atoms with E-state index < -0.39 is 0 Å². The molecule has 0 fully saturated rings. The number of benzene rings is 1. The van der Waals surface area contributed by atoms with Gasteiger partial charge in [-0.2, -0.15) is 0 Å². The number of rotatable bonds is 3. The van der Waals surface area contributed by atoms with Gasteiger partial charge in [-0.25, -0.2) is 9.78 Å². The highest BCUT2D eigenvalue weighted by Gasteiger charge is 2.25. The van der Waals surface area contributed by atoms with Crippen LogP contribution in [0.2, 0.25) is 5.02 Å². The number of halogens is 1. The molecular weight excluding hydrogens is 360 g/mol. The third-order valence-electron chi connectivity index (χ3n) is 3.73. The van der Waals surface area contributed by atoms with Gasteiger partial charge >= 0.3 is 6.03 Å². The maximum atomic E-state index is 12.6. The van der Waals surface area contributed by atoms with Gasteiger partial charge in [-0.05, 0) is 32.0 Å². The zero-order chi connectivity index (χ0) is 18.0. The van der Waals surface area contributed by atoms with Crippen molar-refractivity contribution in [3.05, 3.63) is 45.4 Å². The van der Waals surface area contributed by atoms with E-state index in [0.29, 0.717) is 35.2 Å². The Balaban J connectivity index is 1.69. The van der Waals surface area contributed by atoms with Gasteiger partial charge in [0.1, 0.15) is 0 Å². The summed E-state index contributed by atoms with van der Waals surface area (Å²) >= 11 is 7.38. The Morgan fingerprint density at radius 3 is 2.88 bits per heavy atom. The smallest absolute Gasteiger partial charge is 0.321 e. The summed E-state index contributed by atoms with van der Waals surface area (Å²) in [7, 11) is 0. The Hall–Kier alpha value is -2.12. The first-order chi connectivity index (χ1) is 11.9. The minimum Gasteiger partial charge on any atom is -0.336 e. The Bertz CT molecular complexity index is 806. The number of aromatic nitrogens is 1. The number of urea groups is 1. The lowest BCUT2D eigenvalue weighted by atomic mass is 10.1. The van der Waals surface area contributed by atoms with Crippen molar-refractivity contribution < 1.29 is 9.59 Å². The van der Waals surface area contributed by atoms with Gasteiger partial charge in [0, 0.05) is 34.5 Å². The molecule has 0 aliphatic carbocycles. The lowest BCUT2D eigenvalue weighted by molar-refractivity contribution is 0.0736. The van der Waals surface area contributed by atoms with Crippen LogP contribution in [-0.4, -0.2) is 34.4 Å². The average molecular weight is 379 g/mol. The van der Waals surface area contributed by atoms with Crippen LogP contribution in [-0.2, 0) is 13.0 Å². The minimum atomic E-state index is -0.270. The van der Waals surface area contributed by atoms with Crippen molar-refractivity contribution in [3.8, 4) is 0 Å². The van der Waals surface area contributed by atoms with Gasteiger partial charge in [-0.15, -0.1) is 0 Å². The average Bonchev–Trinajstić information content (AvgIpc) is 2.94. The zero-order valence-electron chi connectivity index (χ0n) is 14.0. The molecule has 1 aromatic carbocycles. The molecule has 6 nitrogen and oxygen atoms in total. The highest BCUT2D eigenvalue weighted by atomic mass is 35.5. The molecule has 0 unspecified atom stereocenters. The third-order valence-corrected chi connectivity index (χ3v) is 4.96. The molecule has 0 radical (unpaired) electrons. The predicted octanol–water partition coefficient (Wildman–Crippen LogP) is 3.52. The van der Waals surface area contributed by atoms with Gasteiger partial charge in [-0.1, -0.05) is 29.0 Å². The summed E-state index contributed by atoms with van der Waals surface area (Å²) < 4.78 is 0. The number of anilines is 1. The third kappa shape index (κ3) is 4.29. The summed E-state index contributed by atoms with van der Waals surface area (Å²) in [6.45, 7) is 4.88. The molecule has 1 aliphatic heterocycles. The molecule has 2 aromatic rings. The summed E-state index contributed by atoms with van der Waals surface area (Å²) in [6.07, 6.45) is 0.672. The molecule has 3 rings (SSSR count). The number of nitrogens with zero attached hydrogens (tertiary/aromatic N) is 2. The van der Waals surface area contributed by atoms with E-state index in [1.165, 1.54) is 11.3 Å². The predicted molar refractivity (Wildman–Crippen MR) is 99.3 cm³/mol. The van der Waals surface area contributed by atoms with Crippen molar-refractivity contribution in [2.24, 2.45) is 0 Å². The van der Waals surface area contributed by atoms with Crippen LogP contribution in [0.3, 0.4) is 0 Å². The molecule has 8 heteroatoms. The summed E-state index contributed by atoms with van der Waals surface area (Å²) in [4.78, 5) is 31.7. The Labute approximate surface area is 155 Å². The highest BCUT2D eigenvalue weighted by molar-refractivity contribution is 7.15. The van der Waals surface area contributed by atoms with E-state index in [2.05, 4.69) is 15.6 Å². The minimum absolute atomic E-state index is 0.0476. The van der Waals surface area contributed by atoms with E-state index in [1.54, 1.807) is 29.2 Å². The van der Waals surface area contributed by atoms with Crippen LogP contribution in [0.15, 0.2) is 24.3 Å². The first-order valence-electron chi connectivity index (χ1n) is 8.03. The number of carbonyl (C=O) groups is 2. The van der Waals surface area contributed by atoms with E-state index in [0.717, 1.165) is 10.6 Å². The topological polar surface area (TPSA) is 74.3 Å². The number of nitrogens with one attached hydrogen (secondary N) is 2. The van der Waals surface area contributed by atoms with Crippen LogP contribution in [0.1, 0.15) is 34.8 Å². The fourth-order valence-corrected chi connectivity index (χ4v) is 3.83. The van der Waals surface area contributed by atoms with Crippen LogP contribution >= 0.6 is 22.9 Å². The first-order valence-corrected chi connectivity index (χ1v) is 9.23. The molecule has 132 valence electrons. The van der Waals surface area contributed by atoms with E-state index in [-0.39, 0.29) is 18.0 Å². The number of amides is 3. The van der Waals surface area contributed by atoms with Crippen LogP contribution in [0.5, 0.6) is 0 Å². The molecule has 0 bridgehead atoms. The van der Waals surface area contributed by atoms with E-state index in [9.17, 15) is 9.59 Å². The largest absolute Gasteiger partial charge is 0.336 e. The van der Waals surface area contributed by atoms with E-state index in [4.69, 9.17) is 11.6 Å². The molecule has 0 saturated carbocycles. The van der Waals surface area contributed by atoms with Crippen molar-refractivity contribution in [2.75, 3.05) is 11.9 Å². The molecule has 0 atom stereocenters. The highest BCUT2D eigenvalue weighted by Crippen LogP contribution is 2.29. The second-order valence-corrected chi connectivity index (χ2v) is 7.65. The lowest BCUT2D eigenvalue weighted by Crippen LogP contribution is -2.35. The number of thiazole rings is 1. The molecule has 3 amide bonds. The fourth-order valence-electron chi connectivity index (χ4n) is 2.62.